The van der Waals surface area contributed by atoms with Crippen molar-refractivity contribution in [1.82, 2.24) is 20.3 Å². The number of likely N-dealkylation sites (N-methyl/N-ethyl adjacent to an activating group) is 1. The molecule has 1 aliphatic rings. The van der Waals surface area contributed by atoms with Gasteiger partial charge in [0, 0.05) is 42.6 Å². The Bertz CT molecular complexity index is 879. The number of piperazine rings is 1. The first-order chi connectivity index (χ1) is 12.2. The van der Waals surface area contributed by atoms with Crippen molar-refractivity contribution in [3.63, 3.8) is 0 Å². The molecule has 1 aliphatic heterocycles. The zero-order valence-electron chi connectivity index (χ0n) is 14.3. The number of aromatic nitrogens is 1. The maximum absolute atomic E-state index is 13.0. The van der Waals surface area contributed by atoms with Crippen LogP contribution in [0.15, 0.2) is 54.6 Å². The minimum Gasteiger partial charge on any atom is -0.350 e. The molecule has 1 amide bonds. The Balaban J connectivity index is 1.70. The number of para-hydroxylation sites is 1. The second-order valence-electron chi connectivity index (χ2n) is 6.52. The first kappa shape index (κ1) is 15.9. The number of nitrogens with one attached hydrogen (secondary N) is 2. The Hall–Kier alpha value is -2.63. The molecule has 0 spiro atoms. The number of carbonyl (C=O) groups excluding carboxylic acids is 1. The van der Waals surface area contributed by atoms with Crippen LogP contribution in [-0.4, -0.2) is 54.0 Å². The van der Waals surface area contributed by atoms with Crippen LogP contribution in [0.2, 0.25) is 0 Å². The third-order valence-electron chi connectivity index (χ3n) is 4.76. The van der Waals surface area contributed by atoms with Crippen molar-refractivity contribution in [1.29, 1.82) is 0 Å². The van der Waals surface area contributed by atoms with Gasteiger partial charge in [0.1, 0.15) is 5.69 Å². The molecule has 0 atom stereocenters. The zero-order chi connectivity index (χ0) is 17.2. The third kappa shape index (κ3) is 3.16. The first-order valence-corrected chi connectivity index (χ1v) is 8.63. The van der Waals surface area contributed by atoms with Crippen LogP contribution in [0.5, 0.6) is 0 Å². The summed E-state index contributed by atoms with van der Waals surface area (Å²) in [5.74, 6) is -0.0837. The van der Waals surface area contributed by atoms with Gasteiger partial charge in [-0.2, -0.15) is 0 Å². The summed E-state index contributed by atoms with van der Waals surface area (Å²) >= 11 is 0. The van der Waals surface area contributed by atoms with Gasteiger partial charge in [0.05, 0.1) is 0 Å². The minimum absolute atomic E-state index is 0.0837. The molecule has 1 saturated heterocycles. The van der Waals surface area contributed by atoms with Crippen LogP contribution in [0.1, 0.15) is 10.5 Å². The Morgan fingerprint density at radius 3 is 2.40 bits per heavy atom. The number of hydrogen-bond donors (Lipinski definition) is 2. The maximum atomic E-state index is 13.0. The number of fused-ring (bicyclic) bond motifs is 1. The number of hydrazine groups is 1. The summed E-state index contributed by atoms with van der Waals surface area (Å²) in [6.07, 6.45) is 0. The molecule has 25 heavy (non-hydrogen) atoms. The Morgan fingerprint density at radius 2 is 1.64 bits per heavy atom. The molecule has 2 heterocycles. The molecule has 2 N–H and O–H groups in total. The van der Waals surface area contributed by atoms with Gasteiger partial charge < -0.3 is 9.88 Å². The number of hydrogen-bond acceptors (Lipinski definition) is 3. The quantitative estimate of drug-likeness (QED) is 0.774. The molecule has 3 aromatic rings. The number of aromatic amines is 1. The average molecular weight is 334 g/mol. The van der Waals surface area contributed by atoms with Crippen molar-refractivity contribution in [2.75, 3.05) is 33.2 Å². The van der Waals surface area contributed by atoms with Gasteiger partial charge in [0.15, 0.2) is 0 Å². The normalized spacial score (nSPS) is 16.2. The van der Waals surface area contributed by atoms with Crippen molar-refractivity contribution in [2.24, 2.45) is 0 Å². The van der Waals surface area contributed by atoms with Gasteiger partial charge in [-0.15, -0.1) is 0 Å². The third-order valence-corrected chi connectivity index (χ3v) is 4.76. The van der Waals surface area contributed by atoms with Crippen LogP contribution in [0.3, 0.4) is 0 Å². The Morgan fingerprint density at radius 1 is 0.960 bits per heavy atom. The van der Waals surface area contributed by atoms with Crippen molar-refractivity contribution < 1.29 is 4.79 Å². The van der Waals surface area contributed by atoms with Crippen LogP contribution in [0, 0.1) is 0 Å². The monoisotopic (exact) mass is 334 g/mol. The zero-order valence-corrected chi connectivity index (χ0v) is 14.3. The fourth-order valence-electron chi connectivity index (χ4n) is 3.33. The van der Waals surface area contributed by atoms with E-state index in [0.717, 1.165) is 48.2 Å². The summed E-state index contributed by atoms with van der Waals surface area (Å²) in [5, 5.41) is 3.07. The largest absolute Gasteiger partial charge is 0.350 e. The molecule has 0 saturated carbocycles. The van der Waals surface area contributed by atoms with Crippen molar-refractivity contribution in [3.8, 4) is 11.1 Å². The van der Waals surface area contributed by atoms with Crippen LogP contribution < -0.4 is 5.43 Å². The highest BCUT2D eigenvalue weighted by atomic mass is 16.2. The van der Waals surface area contributed by atoms with E-state index < -0.39 is 0 Å². The summed E-state index contributed by atoms with van der Waals surface area (Å²) in [5.41, 5.74) is 6.66. The van der Waals surface area contributed by atoms with E-state index in [2.05, 4.69) is 28.4 Å². The molecule has 1 aromatic heterocycles. The lowest BCUT2D eigenvalue weighted by Gasteiger charge is -2.32. The lowest BCUT2D eigenvalue weighted by atomic mass is 10.0. The summed E-state index contributed by atoms with van der Waals surface area (Å²) < 4.78 is 0. The van der Waals surface area contributed by atoms with Crippen LogP contribution in [-0.2, 0) is 0 Å². The van der Waals surface area contributed by atoms with Gasteiger partial charge in [-0.05, 0) is 18.7 Å². The number of amides is 1. The molecule has 0 radical (unpaired) electrons. The molecule has 0 aliphatic carbocycles. The van der Waals surface area contributed by atoms with E-state index in [-0.39, 0.29) is 5.91 Å². The summed E-state index contributed by atoms with van der Waals surface area (Å²) in [4.78, 5) is 18.5. The molecule has 128 valence electrons. The van der Waals surface area contributed by atoms with E-state index in [4.69, 9.17) is 0 Å². The van der Waals surface area contributed by atoms with Gasteiger partial charge in [-0.1, -0.05) is 48.5 Å². The molecule has 5 nitrogen and oxygen atoms in total. The smallest absolute Gasteiger partial charge is 0.282 e. The Kier molecular flexibility index (Phi) is 4.26. The highest BCUT2D eigenvalue weighted by Gasteiger charge is 2.22. The number of benzene rings is 2. The topological polar surface area (TPSA) is 51.4 Å². The molecular weight excluding hydrogens is 312 g/mol. The SMILES string of the molecule is CN1CCN(NC(=O)c2[nH]c3ccccc3c2-c2ccccc2)CC1. The van der Waals surface area contributed by atoms with E-state index in [1.54, 1.807) is 0 Å². The molecule has 0 unspecified atom stereocenters. The fourth-order valence-corrected chi connectivity index (χ4v) is 3.33. The lowest BCUT2D eigenvalue weighted by molar-refractivity contribution is 0.0659. The van der Waals surface area contributed by atoms with E-state index in [0.29, 0.717) is 5.69 Å². The van der Waals surface area contributed by atoms with Gasteiger partial charge in [-0.25, -0.2) is 5.01 Å². The van der Waals surface area contributed by atoms with Crippen molar-refractivity contribution in [3.05, 3.63) is 60.3 Å². The van der Waals surface area contributed by atoms with Crippen molar-refractivity contribution in [2.45, 2.75) is 0 Å². The predicted molar refractivity (Wildman–Crippen MR) is 100 cm³/mol. The standard InChI is InChI=1S/C20H22N4O/c1-23-11-13-24(14-12-23)22-20(25)19-18(15-7-3-2-4-8-15)16-9-5-6-10-17(16)21-19/h2-10,21H,11-14H2,1H3,(H,22,25). The molecule has 5 heteroatoms. The van der Waals surface area contributed by atoms with Crippen LogP contribution in [0.25, 0.3) is 22.0 Å². The molecule has 0 bridgehead atoms. The lowest BCUT2D eigenvalue weighted by Crippen LogP contribution is -2.52. The maximum Gasteiger partial charge on any atom is 0.282 e. The van der Waals surface area contributed by atoms with Gasteiger partial charge in [0.2, 0.25) is 0 Å². The highest BCUT2D eigenvalue weighted by Crippen LogP contribution is 2.32. The number of carbonyl (C=O) groups is 1. The summed E-state index contributed by atoms with van der Waals surface area (Å²) in [6.45, 7) is 3.59. The summed E-state index contributed by atoms with van der Waals surface area (Å²) in [6, 6.07) is 18.1. The van der Waals surface area contributed by atoms with E-state index in [1.165, 1.54) is 0 Å². The molecule has 1 fully saturated rings. The highest BCUT2D eigenvalue weighted by molar-refractivity contribution is 6.09. The molecular formula is C20H22N4O. The van der Waals surface area contributed by atoms with E-state index in [1.807, 2.05) is 53.5 Å². The average Bonchev–Trinajstić information content (AvgIpc) is 3.04. The number of rotatable bonds is 3. The predicted octanol–water partition coefficient (Wildman–Crippen LogP) is 2.73. The second kappa shape index (κ2) is 6.70. The van der Waals surface area contributed by atoms with Crippen molar-refractivity contribution >= 4 is 16.8 Å². The van der Waals surface area contributed by atoms with Gasteiger partial charge in [-0.3, -0.25) is 10.2 Å². The number of H-pyrrole nitrogens is 1. The second-order valence-corrected chi connectivity index (χ2v) is 6.52. The number of nitrogens with zero attached hydrogens (tertiary/aromatic N) is 2. The Labute approximate surface area is 147 Å². The molecule has 2 aromatic carbocycles. The summed E-state index contributed by atoms with van der Waals surface area (Å²) in [7, 11) is 2.10. The van der Waals surface area contributed by atoms with Gasteiger partial charge >= 0.3 is 0 Å². The van der Waals surface area contributed by atoms with E-state index >= 15 is 0 Å². The first-order valence-electron chi connectivity index (χ1n) is 8.63. The van der Waals surface area contributed by atoms with Crippen LogP contribution >= 0.6 is 0 Å². The van der Waals surface area contributed by atoms with Crippen LogP contribution in [0.4, 0.5) is 0 Å². The fraction of sp³-hybridized carbons (Fsp3) is 0.250. The molecule has 4 rings (SSSR count). The van der Waals surface area contributed by atoms with E-state index in [9.17, 15) is 4.79 Å². The van der Waals surface area contributed by atoms with Gasteiger partial charge in [0.25, 0.3) is 5.91 Å². The minimum atomic E-state index is -0.0837.